The second-order valence-electron chi connectivity index (χ2n) is 6.17. The molecule has 0 aliphatic carbocycles. The summed E-state index contributed by atoms with van der Waals surface area (Å²) in [5, 5.41) is 15.3. The van der Waals surface area contributed by atoms with Crippen LogP contribution in [0.3, 0.4) is 0 Å². The molecular weight excluding hydrogens is 308 g/mol. The van der Waals surface area contributed by atoms with E-state index in [1.54, 1.807) is 18.7 Å². The lowest BCUT2D eigenvalue weighted by Gasteiger charge is -2.31. The second-order valence-corrected chi connectivity index (χ2v) is 6.17. The van der Waals surface area contributed by atoms with Crippen molar-refractivity contribution in [2.45, 2.75) is 40.2 Å². The summed E-state index contributed by atoms with van der Waals surface area (Å²) in [6.45, 7) is 5.89. The first kappa shape index (κ1) is 16.2. The van der Waals surface area contributed by atoms with Gasteiger partial charge in [-0.25, -0.2) is 0 Å². The molecule has 3 rings (SSSR count). The SMILES string of the molecule is Cc1cccc2c1N(C(=O)Cn1nc(C)c([N+](=O)[O-])c1C)CCC2. The van der Waals surface area contributed by atoms with E-state index in [1.165, 1.54) is 10.2 Å². The highest BCUT2D eigenvalue weighted by molar-refractivity contribution is 5.95. The van der Waals surface area contributed by atoms with Crippen molar-refractivity contribution in [3.8, 4) is 0 Å². The van der Waals surface area contributed by atoms with Gasteiger partial charge >= 0.3 is 5.69 Å². The van der Waals surface area contributed by atoms with E-state index in [0.29, 0.717) is 17.9 Å². The fourth-order valence-electron chi connectivity index (χ4n) is 3.42. The molecule has 24 heavy (non-hydrogen) atoms. The normalized spacial score (nSPS) is 13.7. The van der Waals surface area contributed by atoms with E-state index in [9.17, 15) is 14.9 Å². The van der Waals surface area contributed by atoms with Crippen LogP contribution in [0, 0.1) is 30.9 Å². The number of para-hydroxylation sites is 1. The minimum absolute atomic E-state index is 0.00822. The standard InChI is InChI=1S/C17H20N4O3/c1-11-6-4-7-14-8-5-9-19(16(11)14)15(22)10-20-13(3)17(21(23)24)12(2)18-20/h4,6-7H,5,8-10H2,1-3H3. The Hall–Kier alpha value is -2.70. The van der Waals surface area contributed by atoms with Gasteiger partial charge in [0, 0.05) is 12.2 Å². The molecule has 1 aliphatic heterocycles. The highest BCUT2D eigenvalue weighted by Gasteiger charge is 2.27. The summed E-state index contributed by atoms with van der Waals surface area (Å²) >= 11 is 0. The van der Waals surface area contributed by atoms with E-state index >= 15 is 0 Å². The molecule has 0 N–H and O–H groups in total. The first-order valence-corrected chi connectivity index (χ1v) is 7.97. The van der Waals surface area contributed by atoms with Gasteiger partial charge in [-0.2, -0.15) is 5.10 Å². The van der Waals surface area contributed by atoms with E-state index in [0.717, 1.165) is 24.1 Å². The highest BCUT2D eigenvalue weighted by Crippen LogP contribution is 2.31. The van der Waals surface area contributed by atoms with Crippen LogP contribution in [0.4, 0.5) is 11.4 Å². The Kier molecular flexibility index (Phi) is 4.09. The van der Waals surface area contributed by atoms with Crippen LogP contribution in [-0.4, -0.2) is 27.2 Å². The van der Waals surface area contributed by atoms with Gasteiger partial charge < -0.3 is 4.90 Å². The molecular formula is C17H20N4O3. The van der Waals surface area contributed by atoms with E-state index in [-0.39, 0.29) is 18.1 Å². The van der Waals surface area contributed by atoms with Gasteiger partial charge in [-0.15, -0.1) is 0 Å². The number of aromatic nitrogens is 2. The third-order valence-corrected chi connectivity index (χ3v) is 4.53. The molecule has 2 aromatic rings. The van der Waals surface area contributed by atoms with E-state index in [1.807, 2.05) is 19.1 Å². The van der Waals surface area contributed by atoms with E-state index in [4.69, 9.17) is 0 Å². The number of rotatable bonds is 3. The van der Waals surface area contributed by atoms with Crippen molar-refractivity contribution in [2.75, 3.05) is 11.4 Å². The van der Waals surface area contributed by atoms with Crippen molar-refractivity contribution in [1.29, 1.82) is 0 Å². The Morgan fingerprint density at radius 2 is 2.08 bits per heavy atom. The van der Waals surface area contributed by atoms with Crippen molar-refractivity contribution in [1.82, 2.24) is 9.78 Å². The first-order valence-electron chi connectivity index (χ1n) is 7.97. The van der Waals surface area contributed by atoms with Crippen LogP contribution in [0.1, 0.15) is 28.9 Å². The number of amides is 1. The molecule has 0 unspecified atom stereocenters. The largest absolute Gasteiger partial charge is 0.312 e. The number of nitrogens with zero attached hydrogens (tertiary/aromatic N) is 4. The zero-order valence-electron chi connectivity index (χ0n) is 14.1. The predicted molar refractivity (Wildman–Crippen MR) is 90.2 cm³/mol. The summed E-state index contributed by atoms with van der Waals surface area (Å²) in [6, 6.07) is 6.06. The molecule has 0 radical (unpaired) electrons. The predicted octanol–water partition coefficient (Wildman–Crippen LogP) is 2.70. The summed E-state index contributed by atoms with van der Waals surface area (Å²) in [4.78, 5) is 25.3. The minimum Gasteiger partial charge on any atom is -0.310 e. The summed E-state index contributed by atoms with van der Waals surface area (Å²) in [6.07, 6.45) is 1.88. The Morgan fingerprint density at radius 1 is 1.33 bits per heavy atom. The fourth-order valence-corrected chi connectivity index (χ4v) is 3.42. The Balaban J connectivity index is 1.90. The number of carbonyl (C=O) groups excluding carboxylic acids is 1. The van der Waals surface area contributed by atoms with Gasteiger partial charge in [0.25, 0.3) is 0 Å². The van der Waals surface area contributed by atoms with Crippen molar-refractivity contribution in [2.24, 2.45) is 0 Å². The highest BCUT2D eigenvalue weighted by atomic mass is 16.6. The van der Waals surface area contributed by atoms with E-state index in [2.05, 4.69) is 11.2 Å². The average Bonchev–Trinajstić information content (AvgIpc) is 2.81. The molecule has 7 nitrogen and oxygen atoms in total. The molecule has 7 heteroatoms. The number of hydrogen-bond donors (Lipinski definition) is 0. The second kappa shape index (κ2) is 6.07. The maximum Gasteiger partial charge on any atom is 0.312 e. The summed E-state index contributed by atoms with van der Waals surface area (Å²) < 4.78 is 1.43. The molecule has 1 amide bonds. The number of anilines is 1. The van der Waals surface area contributed by atoms with Crippen molar-refractivity contribution in [3.05, 3.63) is 50.8 Å². The molecule has 0 bridgehead atoms. The Labute approximate surface area is 140 Å². The van der Waals surface area contributed by atoms with Crippen LogP contribution in [0.15, 0.2) is 18.2 Å². The summed E-state index contributed by atoms with van der Waals surface area (Å²) in [5.74, 6) is -0.0919. The Bertz CT molecular complexity index is 825. The molecule has 0 fully saturated rings. The molecule has 1 aliphatic rings. The third kappa shape index (κ3) is 2.66. The quantitative estimate of drug-likeness (QED) is 0.641. The van der Waals surface area contributed by atoms with Gasteiger partial charge in [0.05, 0.1) is 4.92 Å². The number of aryl methyl sites for hydroxylation is 3. The number of nitro groups is 1. The van der Waals surface area contributed by atoms with Crippen LogP contribution in [0.25, 0.3) is 0 Å². The van der Waals surface area contributed by atoms with Crippen LogP contribution in [-0.2, 0) is 17.8 Å². The number of hydrogen-bond acceptors (Lipinski definition) is 4. The summed E-state index contributed by atoms with van der Waals surface area (Å²) in [5.41, 5.74) is 3.95. The van der Waals surface area contributed by atoms with E-state index < -0.39 is 4.92 Å². The molecule has 0 spiro atoms. The molecule has 2 heterocycles. The van der Waals surface area contributed by atoms with Gasteiger partial charge in [0.2, 0.25) is 5.91 Å². The van der Waals surface area contributed by atoms with Crippen LogP contribution >= 0.6 is 0 Å². The van der Waals surface area contributed by atoms with Crippen molar-refractivity contribution in [3.63, 3.8) is 0 Å². The third-order valence-electron chi connectivity index (χ3n) is 4.53. The maximum atomic E-state index is 12.8. The number of carbonyl (C=O) groups is 1. The molecule has 0 saturated heterocycles. The molecule has 1 aromatic carbocycles. The van der Waals surface area contributed by atoms with Gasteiger partial charge in [-0.3, -0.25) is 19.6 Å². The number of benzene rings is 1. The fraction of sp³-hybridized carbons (Fsp3) is 0.412. The lowest BCUT2D eigenvalue weighted by molar-refractivity contribution is -0.386. The van der Waals surface area contributed by atoms with Crippen molar-refractivity contribution < 1.29 is 9.72 Å². The Morgan fingerprint density at radius 3 is 2.75 bits per heavy atom. The lowest BCUT2D eigenvalue weighted by atomic mass is 9.98. The number of fused-ring (bicyclic) bond motifs is 1. The maximum absolute atomic E-state index is 12.8. The van der Waals surface area contributed by atoms with Crippen LogP contribution < -0.4 is 4.90 Å². The molecule has 0 saturated carbocycles. The molecule has 1 aromatic heterocycles. The monoisotopic (exact) mass is 328 g/mol. The van der Waals surface area contributed by atoms with Gasteiger partial charge in [-0.1, -0.05) is 18.2 Å². The van der Waals surface area contributed by atoms with Crippen molar-refractivity contribution >= 4 is 17.3 Å². The zero-order valence-corrected chi connectivity index (χ0v) is 14.1. The zero-order chi connectivity index (χ0) is 17.4. The van der Waals surface area contributed by atoms with Crippen LogP contribution in [0.2, 0.25) is 0 Å². The first-order chi connectivity index (χ1) is 11.4. The van der Waals surface area contributed by atoms with Gasteiger partial charge in [0.15, 0.2) is 0 Å². The molecule has 0 atom stereocenters. The average molecular weight is 328 g/mol. The minimum atomic E-state index is -0.445. The lowest BCUT2D eigenvalue weighted by Crippen LogP contribution is -2.38. The summed E-state index contributed by atoms with van der Waals surface area (Å²) in [7, 11) is 0. The van der Waals surface area contributed by atoms with Gasteiger partial charge in [0.1, 0.15) is 17.9 Å². The topological polar surface area (TPSA) is 81.3 Å². The smallest absolute Gasteiger partial charge is 0.310 e. The van der Waals surface area contributed by atoms with Gasteiger partial charge in [-0.05, 0) is 44.7 Å². The molecule has 126 valence electrons. The van der Waals surface area contributed by atoms with Crippen LogP contribution in [0.5, 0.6) is 0 Å².